The molecule has 208 valence electrons. The molecule has 0 aliphatic carbocycles. The number of amides is 2. The van der Waals surface area contributed by atoms with E-state index in [2.05, 4.69) is 63.9 Å². The molecule has 1 unspecified atom stereocenters. The molecule has 1 fully saturated rings. The van der Waals surface area contributed by atoms with Gasteiger partial charge < -0.3 is 9.80 Å². The van der Waals surface area contributed by atoms with Gasteiger partial charge in [0.2, 0.25) is 17.8 Å². The number of carbonyl (C=O) groups excluding carboxylic acids is 2. The Morgan fingerprint density at radius 1 is 0.927 bits per heavy atom. The number of hydrazine groups is 1. The number of carbonyl (C=O) groups is 2. The summed E-state index contributed by atoms with van der Waals surface area (Å²) in [5.74, 6) is 0.553. The number of aryl methyl sites for hydroxylation is 1. The highest BCUT2D eigenvalue weighted by Crippen LogP contribution is 2.24. The number of para-hydroxylation sites is 1. The van der Waals surface area contributed by atoms with Crippen molar-refractivity contribution in [2.45, 2.75) is 32.7 Å². The number of hydrogen-bond donors (Lipinski definition) is 2. The van der Waals surface area contributed by atoms with E-state index < -0.39 is 0 Å². The first-order chi connectivity index (χ1) is 20.0. The van der Waals surface area contributed by atoms with Crippen LogP contribution in [0.1, 0.15) is 25.3 Å². The number of nitrogens with one attached hydrogen (secondary N) is 2. The second-order valence-electron chi connectivity index (χ2n) is 10.4. The van der Waals surface area contributed by atoms with Crippen LogP contribution in [0.5, 0.6) is 0 Å². The molecule has 0 radical (unpaired) electrons. The summed E-state index contributed by atoms with van der Waals surface area (Å²) in [6, 6.07) is 26.0. The van der Waals surface area contributed by atoms with Crippen molar-refractivity contribution in [3.05, 3.63) is 84.4 Å². The zero-order chi connectivity index (χ0) is 28.3. The molecule has 2 N–H and O–H groups in total. The molecule has 1 atom stereocenters. The van der Waals surface area contributed by atoms with Crippen LogP contribution in [-0.2, 0) is 9.59 Å². The molecule has 2 aromatic heterocycles. The lowest BCUT2D eigenvalue weighted by Gasteiger charge is -2.41. The van der Waals surface area contributed by atoms with Crippen LogP contribution >= 0.6 is 0 Å². The van der Waals surface area contributed by atoms with Crippen molar-refractivity contribution in [1.82, 2.24) is 29.9 Å². The third-order valence-corrected chi connectivity index (χ3v) is 7.40. The smallest absolute Gasteiger partial charge is 0.245 e. The summed E-state index contributed by atoms with van der Waals surface area (Å²) in [4.78, 5) is 39.3. The first kappa shape index (κ1) is 26.2. The van der Waals surface area contributed by atoms with Gasteiger partial charge in [-0.2, -0.15) is 4.52 Å². The highest BCUT2D eigenvalue weighted by molar-refractivity contribution is 5.93. The van der Waals surface area contributed by atoms with E-state index in [4.69, 9.17) is 4.98 Å². The molecule has 1 aliphatic rings. The zero-order valence-corrected chi connectivity index (χ0v) is 23.1. The van der Waals surface area contributed by atoms with E-state index in [1.54, 1.807) is 4.52 Å². The number of hydrogen-bond acceptors (Lipinski definition) is 7. The van der Waals surface area contributed by atoms with Crippen molar-refractivity contribution in [3.63, 3.8) is 0 Å². The summed E-state index contributed by atoms with van der Waals surface area (Å²) in [6.07, 6.45) is 0.189. The van der Waals surface area contributed by atoms with Gasteiger partial charge in [-0.05, 0) is 43.7 Å². The minimum Gasteiger partial charge on any atom is -0.365 e. The second kappa shape index (κ2) is 11.2. The molecule has 2 amide bonds. The highest BCUT2D eigenvalue weighted by atomic mass is 16.2. The van der Waals surface area contributed by atoms with Crippen molar-refractivity contribution in [3.8, 4) is 11.4 Å². The Labute approximate surface area is 238 Å². The van der Waals surface area contributed by atoms with E-state index >= 15 is 0 Å². The van der Waals surface area contributed by atoms with Crippen LogP contribution in [0.2, 0.25) is 0 Å². The third kappa shape index (κ3) is 5.54. The van der Waals surface area contributed by atoms with Gasteiger partial charge in [-0.3, -0.25) is 20.4 Å². The van der Waals surface area contributed by atoms with Crippen LogP contribution in [0.15, 0.2) is 78.9 Å². The lowest BCUT2D eigenvalue weighted by Crippen LogP contribution is -2.53. The second-order valence-corrected chi connectivity index (χ2v) is 10.4. The Bertz CT molecular complexity index is 1720. The Morgan fingerprint density at radius 3 is 2.54 bits per heavy atom. The first-order valence-electron chi connectivity index (χ1n) is 13.8. The Morgan fingerprint density at radius 2 is 1.73 bits per heavy atom. The Balaban J connectivity index is 1.09. The molecule has 5 aromatic rings. The molecule has 0 saturated carbocycles. The fourth-order valence-electron chi connectivity index (χ4n) is 5.29. The summed E-state index contributed by atoms with van der Waals surface area (Å²) in [6.45, 7) is 6.23. The summed E-state index contributed by atoms with van der Waals surface area (Å²) < 4.78 is 1.59. The summed E-state index contributed by atoms with van der Waals surface area (Å²) >= 11 is 0. The zero-order valence-electron chi connectivity index (χ0n) is 23.1. The fraction of sp³-hybridized carbons (Fsp3) is 0.258. The van der Waals surface area contributed by atoms with Crippen LogP contribution in [0.4, 0.5) is 11.6 Å². The lowest BCUT2D eigenvalue weighted by atomic mass is 10.1. The largest absolute Gasteiger partial charge is 0.365 e. The molecule has 10 heteroatoms. The minimum atomic E-state index is -0.309. The molecule has 0 spiro atoms. The number of anilines is 2. The minimum absolute atomic E-state index is 0.0223. The van der Waals surface area contributed by atoms with Crippen LogP contribution in [0.25, 0.3) is 27.9 Å². The maximum Gasteiger partial charge on any atom is 0.245 e. The van der Waals surface area contributed by atoms with Gasteiger partial charge in [0, 0.05) is 55.2 Å². The van der Waals surface area contributed by atoms with Crippen molar-refractivity contribution in [1.29, 1.82) is 0 Å². The molecule has 3 aromatic carbocycles. The van der Waals surface area contributed by atoms with Gasteiger partial charge in [-0.25, -0.2) is 9.97 Å². The van der Waals surface area contributed by atoms with Crippen molar-refractivity contribution < 1.29 is 9.59 Å². The summed E-state index contributed by atoms with van der Waals surface area (Å²) in [5, 5.41) is 5.50. The van der Waals surface area contributed by atoms with Crippen molar-refractivity contribution in [2.75, 3.05) is 30.0 Å². The molecule has 6 rings (SSSR count). The van der Waals surface area contributed by atoms with Gasteiger partial charge in [0.05, 0.1) is 5.52 Å². The predicted octanol–water partition coefficient (Wildman–Crippen LogP) is 4.21. The van der Waals surface area contributed by atoms with E-state index in [0.29, 0.717) is 30.5 Å². The van der Waals surface area contributed by atoms with E-state index in [-0.39, 0.29) is 30.7 Å². The fourth-order valence-corrected chi connectivity index (χ4v) is 5.29. The molecule has 0 bridgehead atoms. The average molecular weight is 549 g/mol. The molecular formula is C31H32N8O2. The van der Waals surface area contributed by atoms with Gasteiger partial charge in [0.1, 0.15) is 0 Å². The Kier molecular flexibility index (Phi) is 7.20. The van der Waals surface area contributed by atoms with Gasteiger partial charge in [-0.1, -0.05) is 54.6 Å². The van der Waals surface area contributed by atoms with Crippen LogP contribution in [0.3, 0.4) is 0 Å². The summed E-state index contributed by atoms with van der Waals surface area (Å²) in [7, 11) is 0. The lowest BCUT2D eigenvalue weighted by molar-refractivity contribution is -0.134. The number of nitrogens with zero attached hydrogens (tertiary/aromatic N) is 6. The van der Waals surface area contributed by atoms with Crippen LogP contribution in [0, 0.1) is 6.92 Å². The highest BCUT2D eigenvalue weighted by Gasteiger charge is 2.27. The number of aromatic nitrogens is 4. The third-order valence-electron chi connectivity index (χ3n) is 7.40. The maximum atomic E-state index is 13.0. The van der Waals surface area contributed by atoms with Gasteiger partial charge in [0.25, 0.3) is 0 Å². The number of fused-ring (bicyclic) bond motifs is 3. The van der Waals surface area contributed by atoms with E-state index in [1.807, 2.05) is 59.5 Å². The quantitative estimate of drug-likeness (QED) is 0.293. The number of rotatable bonds is 7. The number of piperazine rings is 1. The topological polar surface area (TPSA) is 108 Å². The number of benzene rings is 3. The normalized spacial score (nSPS) is 15.3. The van der Waals surface area contributed by atoms with Gasteiger partial charge in [-0.15, -0.1) is 5.10 Å². The maximum absolute atomic E-state index is 13.0. The molecular weight excluding hydrogens is 516 g/mol. The standard InChI is InChI=1S/C31H32N8O2/c1-21-9-8-12-24(19-21)38-18-17-37(20-22(38)2)28(41)16-15-27(40)34-35-31-32-26-14-7-6-13-25(26)30-33-29(36-39(30)31)23-10-4-3-5-11-23/h3-14,19,22H,15-18,20H2,1-2H3,(H,32,35)(H,34,40). The van der Waals surface area contributed by atoms with Gasteiger partial charge in [0.15, 0.2) is 11.5 Å². The molecule has 1 saturated heterocycles. The van der Waals surface area contributed by atoms with E-state index in [1.165, 1.54) is 11.3 Å². The molecule has 10 nitrogen and oxygen atoms in total. The van der Waals surface area contributed by atoms with Gasteiger partial charge >= 0.3 is 0 Å². The first-order valence-corrected chi connectivity index (χ1v) is 13.8. The predicted molar refractivity (Wildman–Crippen MR) is 159 cm³/mol. The van der Waals surface area contributed by atoms with Crippen LogP contribution in [-0.4, -0.2) is 62.0 Å². The summed E-state index contributed by atoms with van der Waals surface area (Å²) in [5.41, 5.74) is 10.2. The molecule has 1 aliphatic heterocycles. The monoisotopic (exact) mass is 548 g/mol. The molecule has 41 heavy (non-hydrogen) atoms. The van der Waals surface area contributed by atoms with E-state index in [0.717, 1.165) is 23.0 Å². The van der Waals surface area contributed by atoms with Crippen molar-refractivity contribution in [2.24, 2.45) is 0 Å². The van der Waals surface area contributed by atoms with Crippen molar-refractivity contribution >= 4 is 40.0 Å². The van der Waals surface area contributed by atoms with E-state index in [9.17, 15) is 9.59 Å². The SMILES string of the molecule is Cc1cccc(N2CCN(C(=O)CCC(=O)NNc3nc4ccccc4c4nc(-c5ccccc5)nn34)CC2C)c1. The van der Waals surface area contributed by atoms with Crippen LogP contribution < -0.4 is 15.8 Å². The average Bonchev–Trinajstić information content (AvgIpc) is 3.45. The Hall–Kier alpha value is -4.99. The molecule has 3 heterocycles.